The van der Waals surface area contributed by atoms with Crippen molar-refractivity contribution < 1.29 is 31.1 Å². The molecule has 1 amide bonds. The molecule has 0 aromatic heterocycles. The number of nitrogens with one attached hydrogen (secondary N) is 1. The lowest BCUT2D eigenvalue weighted by Gasteiger charge is -2.34. The highest BCUT2D eigenvalue weighted by atomic mass is 35.5. The number of halogens is 4. The van der Waals surface area contributed by atoms with E-state index in [1.807, 2.05) is 0 Å². The Morgan fingerprint density at radius 2 is 1.77 bits per heavy atom. The number of carbonyl (C=O) groups is 1. The maximum atomic E-state index is 13.0. The fourth-order valence-corrected chi connectivity index (χ4v) is 5.16. The van der Waals surface area contributed by atoms with Gasteiger partial charge in [0.1, 0.15) is 0 Å². The summed E-state index contributed by atoms with van der Waals surface area (Å²) in [5, 5.41) is 1.85. The number of anilines is 1. The molecule has 3 rings (SSSR count). The van der Waals surface area contributed by atoms with Gasteiger partial charge in [0.05, 0.1) is 27.7 Å². The largest absolute Gasteiger partial charge is 0.417 e. The summed E-state index contributed by atoms with van der Waals surface area (Å²) in [5.41, 5.74) is -1.22. The minimum absolute atomic E-state index is 0.0149. The number of amides is 1. The topological polar surface area (TPSA) is 75.7 Å². The van der Waals surface area contributed by atoms with E-state index in [2.05, 4.69) is 5.32 Å². The first kappa shape index (κ1) is 23.5. The van der Waals surface area contributed by atoms with Crippen molar-refractivity contribution in [1.29, 1.82) is 0 Å². The second-order valence-corrected chi connectivity index (χ2v) is 9.60. The lowest BCUT2D eigenvalue weighted by atomic mass is 10.1. The third-order valence-electron chi connectivity index (χ3n) is 4.65. The zero-order valence-corrected chi connectivity index (χ0v) is 18.2. The minimum Gasteiger partial charge on any atom is -0.373 e. The van der Waals surface area contributed by atoms with Gasteiger partial charge in [-0.1, -0.05) is 17.7 Å². The van der Waals surface area contributed by atoms with E-state index in [0.29, 0.717) is 0 Å². The standard InChI is InChI=1S/C20H20ClF3N2O4S/c1-12-10-26(11-13(2)30-12)31(28,29)16-5-3-4-14(8-16)19(27)25-15-6-7-18(21)17(9-15)20(22,23)24/h3-9,12-13H,10-11H2,1-2H3,(H,25,27). The van der Waals surface area contributed by atoms with Gasteiger partial charge in [-0.3, -0.25) is 4.79 Å². The summed E-state index contributed by atoms with van der Waals surface area (Å²) < 4.78 is 71.9. The highest BCUT2D eigenvalue weighted by Gasteiger charge is 2.34. The van der Waals surface area contributed by atoms with E-state index < -0.39 is 32.7 Å². The summed E-state index contributed by atoms with van der Waals surface area (Å²) in [6.45, 7) is 3.88. The number of hydrogen-bond acceptors (Lipinski definition) is 4. The van der Waals surface area contributed by atoms with Crippen LogP contribution in [0.2, 0.25) is 5.02 Å². The van der Waals surface area contributed by atoms with Crippen molar-refractivity contribution in [2.45, 2.75) is 37.1 Å². The van der Waals surface area contributed by atoms with Gasteiger partial charge in [-0.05, 0) is 50.2 Å². The number of ether oxygens (including phenoxy) is 1. The highest BCUT2D eigenvalue weighted by Crippen LogP contribution is 2.36. The van der Waals surface area contributed by atoms with E-state index >= 15 is 0 Å². The Hall–Kier alpha value is -2.14. The molecule has 2 atom stereocenters. The van der Waals surface area contributed by atoms with E-state index in [1.54, 1.807) is 13.8 Å². The van der Waals surface area contributed by atoms with Crippen molar-refractivity contribution in [3.05, 3.63) is 58.6 Å². The Kier molecular flexibility index (Phi) is 6.66. The third kappa shape index (κ3) is 5.38. The second kappa shape index (κ2) is 8.78. The summed E-state index contributed by atoms with van der Waals surface area (Å²) in [4.78, 5) is 12.5. The molecule has 1 heterocycles. The molecule has 2 aromatic carbocycles. The first-order chi connectivity index (χ1) is 14.4. The van der Waals surface area contributed by atoms with E-state index in [0.717, 1.165) is 12.1 Å². The number of nitrogens with zero attached hydrogens (tertiary/aromatic N) is 1. The maximum Gasteiger partial charge on any atom is 0.417 e. The molecule has 31 heavy (non-hydrogen) atoms. The van der Waals surface area contributed by atoms with Gasteiger partial charge < -0.3 is 10.1 Å². The molecular formula is C20H20ClF3N2O4S. The first-order valence-corrected chi connectivity index (χ1v) is 11.1. The van der Waals surface area contributed by atoms with Gasteiger partial charge in [0, 0.05) is 24.3 Å². The van der Waals surface area contributed by atoms with Crippen LogP contribution in [0.1, 0.15) is 29.8 Å². The Balaban J connectivity index is 1.84. The van der Waals surface area contributed by atoms with Crippen LogP contribution in [0.25, 0.3) is 0 Å². The molecule has 0 radical (unpaired) electrons. The van der Waals surface area contributed by atoms with Crippen molar-refractivity contribution >= 4 is 33.2 Å². The van der Waals surface area contributed by atoms with Crippen LogP contribution in [0.5, 0.6) is 0 Å². The molecule has 1 N–H and O–H groups in total. The van der Waals surface area contributed by atoms with Gasteiger partial charge in [-0.2, -0.15) is 17.5 Å². The van der Waals surface area contributed by atoms with Crippen molar-refractivity contribution in [1.82, 2.24) is 4.31 Å². The van der Waals surface area contributed by atoms with E-state index in [4.69, 9.17) is 16.3 Å². The molecule has 0 aliphatic carbocycles. The van der Waals surface area contributed by atoms with Crippen molar-refractivity contribution in [2.75, 3.05) is 18.4 Å². The lowest BCUT2D eigenvalue weighted by Crippen LogP contribution is -2.48. The molecule has 2 aromatic rings. The molecular weight excluding hydrogens is 457 g/mol. The van der Waals surface area contributed by atoms with Crippen LogP contribution < -0.4 is 5.32 Å². The summed E-state index contributed by atoms with van der Waals surface area (Å²) in [5.74, 6) is -0.754. The number of hydrogen-bond donors (Lipinski definition) is 1. The first-order valence-electron chi connectivity index (χ1n) is 9.31. The molecule has 1 fully saturated rings. The van der Waals surface area contributed by atoms with Gasteiger partial charge >= 0.3 is 6.18 Å². The number of rotatable bonds is 4. The monoisotopic (exact) mass is 476 g/mol. The van der Waals surface area contributed by atoms with Crippen molar-refractivity contribution in [3.8, 4) is 0 Å². The van der Waals surface area contributed by atoms with E-state index in [9.17, 15) is 26.4 Å². The second-order valence-electron chi connectivity index (χ2n) is 7.25. The summed E-state index contributed by atoms with van der Waals surface area (Å²) in [6, 6.07) is 8.31. The zero-order valence-electron chi connectivity index (χ0n) is 16.6. The molecule has 0 spiro atoms. The quantitative estimate of drug-likeness (QED) is 0.709. The fourth-order valence-electron chi connectivity index (χ4n) is 3.30. The van der Waals surface area contributed by atoms with Gasteiger partial charge in [0.2, 0.25) is 10.0 Å². The summed E-state index contributed by atoms with van der Waals surface area (Å²) >= 11 is 5.59. The van der Waals surface area contributed by atoms with Gasteiger partial charge in [0.15, 0.2) is 0 Å². The van der Waals surface area contributed by atoms with E-state index in [-0.39, 0.29) is 41.4 Å². The van der Waals surface area contributed by atoms with Crippen LogP contribution >= 0.6 is 11.6 Å². The lowest BCUT2D eigenvalue weighted by molar-refractivity contribution is -0.137. The predicted octanol–water partition coefficient (Wildman–Crippen LogP) is 4.41. The molecule has 11 heteroatoms. The minimum atomic E-state index is -4.68. The Morgan fingerprint density at radius 1 is 1.13 bits per heavy atom. The molecule has 1 saturated heterocycles. The predicted molar refractivity (Wildman–Crippen MR) is 110 cm³/mol. The molecule has 0 saturated carbocycles. The zero-order chi connectivity index (χ0) is 23.0. The smallest absolute Gasteiger partial charge is 0.373 e. The number of morpholine rings is 1. The van der Waals surface area contributed by atoms with Gasteiger partial charge in [-0.15, -0.1) is 0 Å². The average molecular weight is 477 g/mol. The normalized spacial score (nSPS) is 20.5. The Bertz CT molecular complexity index is 1080. The fraction of sp³-hybridized carbons (Fsp3) is 0.350. The molecule has 1 aliphatic rings. The van der Waals surface area contributed by atoms with Crippen LogP contribution in [-0.2, 0) is 20.9 Å². The van der Waals surface area contributed by atoms with Crippen LogP contribution in [0, 0.1) is 0 Å². The summed E-state index contributed by atoms with van der Waals surface area (Å²) in [6.07, 6.45) is -5.24. The average Bonchev–Trinajstić information content (AvgIpc) is 2.68. The Labute approximate surface area is 183 Å². The molecule has 1 aliphatic heterocycles. The van der Waals surface area contributed by atoms with Crippen molar-refractivity contribution in [3.63, 3.8) is 0 Å². The number of sulfonamides is 1. The van der Waals surface area contributed by atoms with Crippen LogP contribution in [0.15, 0.2) is 47.4 Å². The van der Waals surface area contributed by atoms with Crippen LogP contribution in [0.4, 0.5) is 18.9 Å². The van der Waals surface area contributed by atoms with Gasteiger partial charge in [0.25, 0.3) is 5.91 Å². The van der Waals surface area contributed by atoms with Crippen LogP contribution in [-0.4, -0.2) is 43.9 Å². The number of alkyl halides is 3. The molecule has 0 bridgehead atoms. The third-order valence-corrected chi connectivity index (χ3v) is 6.81. The molecule has 2 unspecified atom stereocenters. The molecule has 6 nitrogen and oxygen atoms in total. The van der Waals surface area contributed by atoms with E-state index in [1.165, 1.54) is 34.6 Å². The summed E-state index contributed by atoms with van der Waals surface area (Å²) in [7, 11) is -3.88. The highest BCUT2D eigenvalue weighted by molar-refractivity contribution is 7.89. The maximum absolute atomic E-state index is 13.0. The van der Waals surface area contributed by atoms with Gasteiger partial charge in [-0.25, -0.2) is 8.42 Å². The Morgan fingerprint density at radius 3 is 2.39 bits per heavy atom. The van der Waals surface area contributed by atoms with Crippen molar-refractivity contribution in [2.24, 2.45) is 0 Å². The van der Waals surface area contributed by atoms with Crippen LogP contribution in [0.3, 0.4) is 0 Å². The molecule has 168 valence electrons. The number of carbonyl (C=O) groups excluding carboxylic acids is 1. The number of benzene rings is 2. The SMILES string of the molecule is CC1CN(S(=O)(=O)c2cccc(C(=O)Nc3ccc(Cl)c(C(F)(F)F)c3)c2)CC(C)O1.